The second-order valence-corrected chi connectivity index (χ2v) is 6.69. The molecule has 0 aliphatic carbocycles. The van der Waals surface area contributed by atoms with Crippen molar-refractivity contribution in [3.8, 4) is 0 Å². The van der Waals surface area contributed by atoms with Crippen LogP contribution in [0.4, 0.5) is 0 Å². The number of nitrogens with zero attached hydrogens (tertiary/aromatic N) is 3. The summed E-state index contributed by atoms with van der Waals surface area (Å²) in [5, 5.41) is 4.04. The van der Waals surface area contributed by atoms with Crippen molar-refractivity contribution < 1.29 is 18.8 Å². The van der Waals surface area contributed by atoms with Gasteiger partial charge in [-0.05, 0) is 29.8 Å². The Labute approximate surface area is 161 Å². The minimum atomic E-state index is -0.425. The van der Waals surface area contributed by atoms with Crippen LogP contribution in [-0.4, -0.2) is 47.1 Å². The summed E-state index contributed by atoms with van der Waals surface area (Å²) in [5.41, 5.74) is 2.06. The third-order valence-corrected chi connectivity index (χ3v) is 4.76. The Morgan fingerprint density at radius 1 is 1.07 bits per heavy atom. The number of likely N-dealkylation sites (tertiary alicyclic amines) is 1. The molecule has 142 valence electrons. The Morgan fingerprint density at radius 3 is 2.43 bits per heavy atom. The summed E-state index contributed by atoms with van der Waals surface area (Å²) in [6.45, 7) is 1.06. The lowest BCUT2D eigenvalue weighted by Gasteiger charge is -2.37. The minimum Gasteiger partial charge on any atom is -0.465 e. The van der Waals surface area contributed by atoms with Crippen molar-refractivity contribution >= 4 is 11.9 Å². The lowest BCUT2D eigenvalue weighted by Crippen LogP contribution is -2.48. The fourth-order valence-corrected chi connectivity index (χ4v) is 3.13. The number of esters is 1. The largest absolute Gasteiger partial charge is 0.465 e. The van der Waals surface area contributed by atoms with Crippen LogP contribution in [-0.2, 0) is 11.2 Å². The van der Waals surface area contributed by atoms with Crippen LogP contribution in [0.3, 0.4) is 0 Å². The maximum atomic E-state index is 12.5. The van der Waals surface area contributed by atoms with Gasteiger partial charge in [-0.15, -0.1) is 0 Å². The molecule has 1 aliphatic rings. The van der Waals surface area contributed by atoms with Crippen LogP contribution < -0.4 is 0 Å². The SMILES string of the molecule is COC(=O)c1ccc(C(=O)N2CC(c3nc(Cc4ccccc4)no3)C2)cc1. The van der Waals surface area contributed by atoms with Gasteiger partial charge >= 0.3 is 5.97 Å². The molecular weight excluding hydrogens is 358 g/mol. The van der Waals surface area contributed by atoms with E-state index in [0.29, 0.717) is 42.4 Å². The van der Waals surface area contributed by atoms with Gasteiger partial charge in [-0.3, -0.25) is 4.79 Å². The first-order valence-electron chi connectivity index (χ1n) is 8.98. The summed E-state index contributed by atoms with van der Waals surface area (Å²) in [6, 6.07) is 16.4. The van der Waals surface area contributed by atoms with Crippen molar-refractivity contribution in [2.24, 2.45) is 0 Å². The molecule has 0 spiro atoms. The number of carbonyl (C=O) groups excluding carboxylic acids is 2. The summed E-state index contributed by atoms with van der Waals surface area (Å²) < 4.78 is 10.0. The Kier molecular flexibility index (Phi) is 4.89. The molecule has 1 aromatic heterocycles. The highest BCUT2D eigenvalue weighted by atomic mass is 16.5. The van der Waals surface area contributed by atoms with E-state index in [9.17, 15) is 9.59 Å². The number of hydrogen-bond donors (Lipinski definition) is 0. The van der Waals surface area contributed by atoms with E-state index in [1.54, 1.807) is 29.2 Å². The van der Waals surface area contributed by atoms with Crippen molar-refractivity contribution in [2.75, 3.05) is 20.2 Å². The minimum absolute atomic E-state index is 0.0512. The monoisotopic (exact) mass is 377 g/mol. The number of carbonyl (C=O) groups is 2. The van der Waals surface area contributed by atoms with Crippen LogP contribution in [0.5, 0.6) is 0 Å². The first-order chi connectivity index (χ1) is 13.6. The summed E-state index contributed by atoms with van der Waals surface area (Å²) in [5.74, 6) is 0.748. The van der Waals surface area contributed by atoms with Gasteiger partial charge in [-0.1, -0.05) is 35.5 Å². The molecule has 1 amide bonds. The third kappa shape index (κ3) is 3.64. The number of ether oxygens (including phenoxy) is 1. The van der Waals surface area contributed by atoms with E-state index < -0.39 is 5.97 Å². The van der Waals surface area contributed by atoms with Crippen molar-refractivity contribution in [3.05, 3.63) is 83.0 Å². The molecule has 0 unspecified atom stereocenters. The normalized spacial score (nSPS) is 13.8. The van der Waals surface area contributed by atoms with Crippen LogP contribution in [0.25, 0.3) is 0 Å². The molecule has 0 saturated carbocycles. The molecule has 1 aliphatic heterocycles. The molecule has 28 heavy (non-hydrogen) atoms. The topological polar surface area (TPSA) is 85.5 Å². The fourth-order valence-electron chi connectivity index (χ4n) is 3.13. The maximum Gasteiger partial charge on any atom is 0.337 e. The fraction of sp³-hybridized carbons (Fsp3) is 0.238. The first kappa shape index (κ1) is 17.9. The van der Waals surface area contributed by atoms with Crippen molar-refractivity contribution in [3.63, 3.8) is 0 Å². The van der Waals surface area contributed by atoms with E-state index >= 15 is 0 Å². The molecule has 0 radical (unpaired) electrons. The van der Waals surface area contributed by atoms with Gasteiger partial charge in [-0.2, -0.15) is 4.98 Å². The Morgan fingerprint density at radius 2 is 1.75 bits per heavy atom. The molecule has 0 bridgehead atoms. The molecule has 0 atom stereocenters. The van der Waals surface area contributed by atoms with Gasteiger partial charge in [0.15, 0.2) is 5.82 Å². The molecule has 4 rings (SSSR count). The van der Waals surface area contributed by atoms with E-state index in [0.717, 1.165) is 5.56 Å². The van der Waals surface area contributed by atoms with E-state index in [1.807, 2.05) is 30.3 Å². The summed E-state index contributed by atoms with van der Waals surface area (Å²) in [4.78, 5) is 30.2. The molecule has 7 nitrogen and oxygen atoms in total. The van der Waals surface area contributed by atoms with Gasteiger partial charge < -0.3 is 14.2 Å². The zero-order valence-corrected chi connectivity index (χ0v) is 15.4. The molecule has 1 fully saturated rings. The van der Waals surface area contributed by atoms with Crippen molar-refractivity contribution in [1.82, 2.24) is 15.0 Å². The third-order valence-electron chi connectivity index (χ3n) is 4.76. The Hall–Kier alpha value is -3.48. The summed E-state index contributed by atoms with van der Waals surface area (Å²) in [6.07, 6.45) is 0.617. The van der Waals surface area contributed by atoms with Crippen molar-refractivity contribution in [2.45, 2.75) is 12.3 Å². The maximum absolute atomic E-state index is 12.5. The second-order valence-electron chi connectivity index (χ2n) is 6.69. The van der Waals surface area contributed by atoms with Crippen LogP contribution in [0.1, 0.15) is 43.9 Å². The highest BCUT2D eigenvalue weighted by molar-refractivity contribution is 5.96. The van der Waals surface area contributed by atoms with Gasteiger partial charge in [0, 0.05) is 25.1 Å². The Balaban J connectivity index is 1.34. The number of rotatable bonds is 5. The quantitative estimate of drug-likeness (QED) is 0.636. The molecule has 1 saturated heterocycles. The van der Waals surface area contributed by atoms with E-state index in [1.165, 1.54) is 7.11 Å². The summed E-state index contributed by atoms with van der Waals surface area (Å²) in [7, 11) is 1.32. The van der Waals surface area contributed by atoms with E-state index in [4.69, 9.17) is 4.52 Å². The molecule has 2 aromatic carbocycles. The molecule has 2 heterocycles. The number of amides is 1. The van der Waals surface area contributed by atoms with Gasteiger partial charge in [0.05, 0.1) is 18.6 Å². The molecule has 7 heteroatoms. The van der Waals surface area contributed by atoms with Gasteiger partial charge in [-0.25, -0.2) is 4.79 Å². The predicted octanol–water partition coefficient (Wildman–Crippen LogP) is 2.69. The lowest BCUT2D eigenvalue weighted by atomic mass is 9.98. The lowest BCUT2D eigenvalue weighted by molar-refractivity contribution is 0.0564. The standard InChI is InChI=1S/C21H19N3O4/c1-27-21(26)16-9-7-15(8-10-16)20(25)24-12-17(13-24)19-22-18(23-28-19)11-14-5-3-2-4-6-14/h2-10,17H,11-13H2,1H3. The van der Waals surface area contributed by atoms with Gasteiger partial charge in [0.2, 0.25) is 5.89 Å². The highest BCUT2D eigenvalue weighted by Gasteiger charge is 2.36. The average Bonchev–Trinajstić information content (AvgIpc) is 3.15. The Bertz CT molecular complexity index is 976. The molecule has 0 N–H and O–H groups in total. The number of benzene rings is 2. The second kappa shape index (κ2) is 7.64. The zero-order valence-electron chi connectivity index (χ0n) is 15.4. The van der Waals surface area contributed by atoms with Gasteiger partial charge in [0.25, 0.3) is 5.91 Å². The number of aromatic nitrogens is 2. The zero-order chi connectivity index (χ0) is 19.5. The van der Waals surface area contributed by atoms with Crippen LogP contribution in [0.15, 0.2) is 59.1 Å². The first-order valence-corrected chi connectivity index (χ1v) is 8.98. The predicted molar refractivity (Wildman–Crippen MR) is 100.0 cm³/mol. The molecule has 3 aromatic rings. The van der Waals surface area contributed by atoms with Crippen molar-refractivity contribution in [1.29, 1.82) is 0 Å². The smallest absolute Gasteiger partial charge is 0.337 e. The number of methoxy groups -OCH3 is 1. The van der Waals surface area contributed by atoms with Crippen LogP contribution in [0, 0.1) is 0 Å². The average molecular weight is 377 g/mol. The summed E-state index contributed by atoms with van der Waals surface area (Å²) >= 11 is 0. The number of hydrogen-bond acceptors (Lipinski definition) is 6. The van der Waals surface area contributed by atoms with Gasteiger partial charge in [0.1, 0.15) is 0 Å². The molecular formula is C21H19N3O4. The highest BCUT2D eigenvalue weighted by Crippen LogP contribution is 2.27. The van der Waals surface area contributed by atoms with Crippen LogP contribution in [0.2, 0.25) is 0 Å². The van der Waals surface area contributed by atoms with E-state index in [-0.39, 0.29) is 11.8 Å². The van der Waals surface area contributed by atoms with E-state index in [2.05, 4.69) is 14.9 Å². The van der Waals surface area contributed by atoms with Crippen LogP contribution >= 0.6 is 0 Å².